The minimum atomic E-state index is 0. The number of rotatable bonds is 6. The van der Waals surface area contributed by atoms with Crippen molar-refractivity contribution in [1.29, 1.82) is 0 Å². The van der Waals surface area contributed by atoms with E-state index in [0.717, 1.165) is 25.8 Å². The molecule has 118 valence electrons. The number of nitrogens with zero attached hydrogens (tertiary/aromatic N) is 1. The first-order valence-corrected chi connectivity index (χ1v) is 7.33. The number of halogens is 1. The highest BCUT2D eigenvalue weighted by atomic mass is 35.5. The number of carbonyl (C=O) groups is 2. The van der Waals surface area contributed by atoms with E-state index in [4.69, 9.17) is 5.73 Å². The second-order valence-corrected chi connectivity index (χ2v) is 5.55. The molecule has 1 heterocycles. The fraction of sp³-hybridized carbons (Fsp3) is 0.857. The Morgan fingerprint density at radius 2 is 2.00 bits per heavy atom. The maximum absolute atomic E-state index is 12.1. The lowest BCUT2D eigenvalue weighted by Gasteiger charge is -2.35. The number of nitrogens with two attached hydrogens (primary N) is 1. The van der Waals surface area contributed by atoms with Crippen LogP contribution in [0.2, 0.25) is 0 Å². The topological polar surface area (TPSA) is 75.4 Å². The second kappa shape index (κ2) is 10.00. The van der Waals surface area contributed by atoms with E-state index in [2.05, 4.69) is 5.32 Å². The summed E-state index contributed by atoms with van der Waals surface area (Å²) < 4.78 is 0. The van der Waals surface area contributed by atoms with Crippen LogP contribution in [-0.4, -0.2) is 41.9 Å². The molecule has 1 aliphatic rings. The molecule has 3 N–H and O–H groups in total. The molecule has 1 fully saturated rings. The van der Waals surface area contributed by atoms with E-state index >= 15 is 0 Å². The summed E-state index contributed by atoms with van der Waals surface area (Å²) in [5.74, 6) is 0.171. The fourth-order valence-electron chi connectivity index (χ4n) is 2.51. The second-order valence-electron chi connectivity index (χ2n) is 5.55. The van der Waals surface area contributed by atoms with Crippen LogP contribution in [0.4, 0.5) is 0 Å². The van der Waals surface area contributed by atoms with Gasteiger partial charge in [-0.15, -0.1) is 12.4 Å². The monoisotopic (exact) mass is 305 g/mol. The van der Waals surface area contributed by atoms with Gasteiger partial charge in [-0.05, 0) is 39.5 Å². The lowest BCUT2D eigenvalue weighted by molar-refractivity contribution is -0.134. The number of nitrogens with one attached hydrogen (secondary N) is 1. The minimum Gasteiger partial charge on any atom is -0.354 e. The van der Waals surface area contributed by atoms with Crippen LogP contribution in [0.25, 0.3) is 0 Å². The zero-order chi connectivity index (χ0) is 14.3. The average Bonchev–Trinajstić information content (AvgIpc) is 2.37. The quantitative estimate of drug-likeness (QED) is 0.780. The fourth-order valence-corrected chi connectivity index (χ4v) is 2.51. The number of hydrogen-bond donors (Lipinski definition) is 2. The summed E-state index contributed by atoms with van der Waals surface area (Å²) in [5, 5.41) is 2.83. The Morgan fingerprint density at radius 1 is 1.30 bits per heavy atom. The molecule has 20 heavy (non-hydrogen) atoms. The molecule has 0 aromatic heterocycles. The van der Waals surface area contributed by atoms with Crippen molar-refractivity contribution in [3.05, 3.63) is 0 Å². The Kier molecular flexibility index (Phi) is 9.59. The molecule has 0 aromatic rings. The number of likely N-dealkylation sites (tertiary alicyclic amines) is 1. The van der Waals surface area contributed by atoms with Crippen LogP contribution in [0.1, 0.15) is 52.4 Å². The summed E-state index contributed by atoms with van der Waals surface area (Å²) in [5.41, 5.74) is 5.71. The van der Waals surface area contributed by atoms with Crippen molar-refractivity contribution in [1.82, 2.24) is 10.2 Å². The molecule has 1 saturated heterocycles. The third-order valence-electron chi connectivity index (χ3n) is 3.46. The van der Waals surface area contributed by atoms with Gasteiger partial charge in [0.2, 0.25) is 11.8 Å². The van der Waals surface area contributed by atoms with Crippen LogP contribution in [0.15, 0.2) is 0 Å². The molecular formula is C14H28ClN3O2. The van der Waals surface area contributed by atoms with Crippen molar-refractivity contribution in [2.24, 2.45) is 5.73 Å². The Balaban J connectivity index is 0.00000361. The SMILES string of the molecule is CC(C)NC(=O)CCCC(=O)N1CCCCC1CN.Cl. The standard InChI is InChI=1S/C14H27N3O2.ClH/c1-11(2)16-13(18)7-5-8-14(19)17-9-4-3-6-12(17)10-15;/h11-12H,3-10,15H2,1-2H3,(H,16,18);1H. The predicted molar refractivity (Wildman–Crippen MR) is 82.8 cm³/mol. The highest BCUT2D eigenvalue weighted by Crippen LogP contribution is 2.17. The Morgan fingerprint density at radius 3 is 2.60 bits per heavy atom. The van der Waals surface area contributed by atoms with Crippen LogP contribution >= 0.6 is 12.4 Å². The largest absolute Gasteiger partial charge is 0.354 e. The first-order chi connectivity index (χ1) is 9.04. The molecule has 0 aliphatic carbocycles. The minimum absolute atomic E-state index is 0. The van der Waals surface area contributed by atoms with E-state index in [9.17, 15) is 9.59 Å². The van der Waals surface area contributed by atoms with Gasteiger partial charge in [-0.1, -0.05) is 0 Å². The van der Waals surface area contributed by atoms with E-state index in [-0.39, 0.29) is 36.3 Å². The number of amides is 2. The molecule has 1 aliphatic heterocycles. The summed E-state index contributed by atoms with van der Waals surface area (Å²) in [6.07, 6.45) is 4.72. The molecule has 0 saturated carbocycles. The molecule has 5 nitrogen and oxygen atoms in total. The van der Waals surface area contributed by atoms with Crippen molar-refractivity contribution in [2.45, 2.75) is 64.5 Å². The van der Waals surface area contributed by atoms with Gasteiger partial charge in [0, 0.05) is 38.0 Å². The van der Waals surface area contributed by atoms with Crippen molar-refractivity contribution in [2.75, 3.05) is 13.1 Å². The summed E-state index contributed by atoms with van der Waals surface area (Å²) in [7, 11) is 0. The first kappa shape index (κ1) is 19.2. The normalized spacial score (nSPS) is 18.6. The van der Waals surface area contributed by atoms with Gasteiger partial charge in [-0.3, -0.25) is 9.59 Å². The summed E-state index contributed by atoms with van der Waals surface area (Å²) in [6.45, 7) is 5.23. The van der Waals surface area contributed by atoms with Gasteiger partial charge in [0.1, 0.15) is 0 Å². The molecule has 1 unspecified atom stereocenters. The van der Waals surface area contributed by atoms with Crippen LogP contribution in [0, 0.1) is 0 Å². The smallest absolute Gasteiger partial charge is 0.222 e. The molecule has 0 bridgehead atoms. The van der Waals surface area contributed by atoms with Crippen LogP contribution < -0.4 is 11.1 Å². The maximum Gasteiger partial charge on any atom is 0.222 e. The highest BCUT2D eigenvalue weighted by molar-refractivity contribution is 5.85. The Labute approximate surface area is 128 Å². The van der Waals surface area contributed by atoms with Crippen molar-refractivity contribution < 1.29 is 9.59 Å². The van der Waals surface area contributed by atoms with E-state index < -0.39 is 0 Å². The Bertz CT molecular complexity index is 311. The van der Waals surface area contributed by atoms with Gasteiger partial charge >= 0.3 is 0 Å². The van der Waals surface area contributed by atoms with Gasteiger partial charge < -0.3 is 16.0 Å². The Hall–Kier alpha value is -0.810. The maximum atomic E-state index is 12.1. The van der Waals surface area contributed by atoms with Crippen molar-refractivity contribution >= 4 is 24.2 Å². The zero-order valence-electron chi connectivity index (χ0n) is 12.6. The molecule has 0 radical (unpaired) electrons. The number of piperidine rings is 1. The van der Waals surface area contributed by atoms with Gasteiger partial charge in [-0.2, -0.15) is 0 Å². The van der Waals surface area contributed by atoms with Crippen molar-refractivity contribution in [3.8, 4) is 0 Å². The lowest BCUT2D eigenvalue weighted by atomic mass is 10.0. The van der Waals surface area contributed by atoms with E-state index in [0.29, 0.717) is 25.8 Å². The number of hydrogen-bond acceptors (Lipinski definition) is 3. The third-order valence-corrected chi connectivity index (χ3v) is 3.46. The lowest BCUT2D eigenvalue weighted by Crippen LogP contribution is -2.47. The van der Waals surface area contributed by atoms with E-state index in [1.165, 1.54) is 0 Å². The number of carbonyl (C=O) groups excluding carboxylic acids is 2. The van der Waals surface area contributed by atoms with Gasteiger partial charge in [-0.25, -0.2) is 0 Å². The summed E-state index contributed by atoms with van der Waals surface area (Å²) in [6, 6.07) is 0.359. The highest BCUT2D eigenvalue weighted by Gasteiger charge is 2.24. The predicted octanol–water partition coefficient (Wildman–Crippen LogP) is 1.44. The van der Waals surface area contributed by atoms with Crippen LogP contribution in [-0.2, 0) is 9.59 Å². The summed E-state index contributed by atoms with van der Waals surface area (Å²) in [4.78, 5) is 25.5. The molecule has 1 atom stereocenters. The van der Waals surface area contributed by atoms with E-state index in [1.807, 2.05) is 18.7 Å². The molecule has 6 heteroatoms. The molecule has 1 rings (SSSR count). The van der Waals surface area contributed by atoms with Crippen LogP contribution in [0.3, 0.4) is 0 Å². The summed E-state index contributed by atoms with van der Waals surface area (Å²) >= 11 is 0. The van der Waals surface area contributed by atoms with Gasteiger partial charge in [0.15, 0.2) is 0 Å². The average molecular weight is 306 g/mol. The van der Waals surface area contributed by atoms with Gasteiger partial charge in [0.05, 0.1) is 0 Å². The van der Waals surface area contributed by atoms with Crippen LogP contribution in [0.5, 0.6) is 0 Å². The van der Waals surface area contributed by atoms with Crippen molar-refractivity contribution in [3.63, 3.8) is 0 Å². The molecule has 0 aromatic carbocycles. The third kappa shape index (κ3) is 6.57. The molecule has 2 amide bonds. The van der Waals surface area contributed by atoms with Gasteiger partial charge in [0.25, 0.3) is 0 Å². The first-order valence-electron chi connectivity index (χ1n) is 7.33. The molecular weight excluding hydrogens is 278 g/mol. The molecule has 0 spiro atoms. The zero-order valence-corrected chi connectivity index (χ0v) is 13.4. The van der Waals surface area contributed by atoms with E-state index in [1.54, 1.807) is 0 Å².